The minimum atomic E-state index is -0.943. The molecule has 184 valence electrons. The van der Waals surface area contributed by atoms with Crippen LogP contribution in [0.5, 0.6) is 0 Å². The van der Waals surface area contributed by atoms with Gasteiger partial charge in [-0.15, -0.1) is 0 Å². The maximum Gasteiger partial charge on any atom is 0.271 e. The molecule has 1 aliphatic carbocycles. The van der Waals surface area contributed by atoms with Crippen molar-refractivity contribution in [2.45, 2.75) is 82.8 Å². The van der Waals surface area contributed by atoms with E-state index in [4.69, 9.17) is 4.42 Å². The maximum absolute atomic E-state index is 13.9. The molecule has 1 N–H and O–H groups in total. The first-order valence-electron chi connectivity index (χ1n) is 13.1. The smallest absolute Gasteiger partial charge is 0.271 e. The van der Waals surface area contributed by atoms with Crippen molar-refractivity contribution in [3.05, 3.63) is 36.2 Å². The molecule has 1 saturated carbocycles. The van der Waals surface area contributed by atoms with E-state index in [0.29, 0.717) is 24.5 Å². The van der Waals surface area contributed by atoms with E-state index in [-0.39, 0.29) is 17.9 Å². The molecule has 4 heterocycles. The van der Waals surface area contributed by atoms with Gasteiger partial charge in [0.2, 0.25) is 5.91 Å². The number of likely N-dealkylation sites (tertiary alicyclic amines) is 1. The number of nitrogens with one attached hydrogen (secondary N) is 1. The Labute approximate surface area is 202 Å². The Morgan fingerprint density at radius 2 is 1.76 bits per heavy atom. The van der Waals surface area contributed by atoms with Crippen molar-refractivity contribution in [1.29, 1.82) is 0 Å². The highest BCUT2D eigenvalue weighted by Crippen LogP contribution is 2.34. The normalized spacial score (nSPS) is 24.3. The Morgan fingerprint density at radius 1 is 1.03 bits per heavy atom. The van der Waals surface area contributed by atoms with Gasteiger partial charge < -0.3 is 24.1 Å². The molecule has 0 spiro atoms. The number of rotatable bonds is 7. The summed E-state index contributed by atoms with van der Waals surface area (Å²) in [6.45, 7) is 6.22. The molecule has 1 atom stereocenters. The van der Waals surface area contributed by atoms with Crippen molar-refractivity contribution < 1.29 is 14.0 Å². The van der Waals surface area contributed by atoms with Gasteiger partial charge in [0.15, 0.2) is 0 Å². The average Bonchev–Trinajstić information content (AvgIpc) is 3.57. The summed E-state index contributed by atoms with van der Waals surface area (Å²) in [5, 5.41) is 3.35. The summed E-state index contributed by atoms with van der Waals surface area (Å²) in [6, 6.07) is 7.75. The molecule has 5 rings (SSSR count). The van der Waals surface area contributed by atoms with Crippen LogP contribution in [0.2, 0.25) is 0 Å². The lowest BCUT2D eigenvalue weighted by molar-refractivity contribution is -0.133. The first-order valence-corrected chi connectivity index (χ1v) is 13.1. The highest BCUT2D eigenvalue weighted by Gasteiger charge is 2.48. The fourth-order valence-electron chi connectivity index (χ4n) is 5.99. The monoisotopic (exact) mass is 466 g/mol. The molecule has 2 aromatic heterocycles. The first-order chi connectivity index (χ1) is 16.6. The lowest BCUT2D eigenvalue weighted by atomic mass is 9.93. The molecule has 0 bridgehead atoms. The van der Waals surface area contributed by atoms with Crippen LogP contribution in [0.4, 0.5) is 0 Å². The van der Waals surface area contributed by atoms with Crippen LogP contribution in [0.15, 0.2) is 34.9 Å². The number of carbonyl (C=O) groups excluding carboxylic acids is 2. The second-order valence-corrected chi connectivity index (χ2v) is 10.5. The summed E-state index contributed by atoms with van der Waals surface area (Å²) >= 11 is 0. The van der Waals surface area contributed by atoms with Gasteiger partial charge in [0.25, 0.3) is 5.91 Å². The molecule has 2 fully saturated rings. The molecular formula is C27H38N4O3. The third kappa shape index (κ3) is 4.54. The lowest BCUT2D eigenvalue weighted by Gasteiger charge is -2.45. The molecule has 1 saturated heterocycles. The van der Waals surface area contributed by atoms with Crippen molar-refractivity contribution in [3.8, 4) is 11.5 Å². The van der Waals surface area contributed by atoms with Crippen molar-refractivity contribution in [2.24, 2.45) is 0 Å². The third-order valence-corrected chi connectivity index (χ3v) is 8.01. The fourth-order valence-corrected chi connectivity index (χ4v) is 5.99. The Balaban J connectivity index is 1.41. The van der Waals surface area contributed by atoms with Crippen LogP contribution < -0.4 is 5.32 Å². The quantitative estimate of drug-likeness (QED) is 0.618. The zero-order valence-corrected chi connectivity index (χ0v) is 20.4. The minimum Gasteiger partial charge on any atom is -0.463 e. The third-order valence-electron chi connectivity index (χ3n) is 8.01. The van der Waals surface area contributed by atoms with Gasteiger partial charge in [0.1, 0.15) is 17.0 Å². The number of hydrogen-bond donors (Lipinski definition) is 1. The second kappa shape index (κ2) is 9.98. The standard InChI is InChI=1S/C27H38N4O3/c1-27(26(33)28-21-10-4-2-3-5-11-21)20-30-22(24-12-8-19-34-24)13-14-23(30)25(32)31(27)18-9-17-29-15-6-7-16-29/h8,12-14,19,21H,2-7,9-11,15-18,20H2,1H3,(H,28,33)/t27-/m0/s1. The van der Waals surface area contributed by atoms with Crippen LogP contribution in [0.1, 0.15) is 75.2 Å². The van der Waals surface area contributed by atoms with Crippen LogP contribution in [-0.2, 0) is 11.3 Å². The molecule has 2 amide bonds. The molecule has 2 aromatic rings. The molecule has 0 unspecified atom stereocenters. The topological polar surface area (TPSA) is 70.7 Å². The molecule has 0 radical (unpaired) electrons. The van der Waals surface area contributed by atoms with E-state index >= 15 is 0 Å². The number of aromatic nitrogens is 1. The fraction of sp³-hybridized carbons (Fsp3) is 0.630. The Kier molecular flexibility index (Phi) is 6.82. The number of amides is 2. The highest BCUT2D eigenvalue weighted by molar-refractivity contribution is 6.00. The van der Waals surface area contributed by atoms with Gasteiger partial charge in [0.05, 0.1) is 18.5 Å². The van der Waals surface area contributed by atoms with E-state index in [9.17, 15) is 9.59 Å². The predicted octanol–water partition coefficient (Wildman–Crippen LogP) is 4.29. The predicted molar refractivity (Wildman–Crippen MR) is 131 cm³/mol. The molecule has 7 nitrogen and oxygen atoms in total. The summed E-state index contributed by atoms with van der Waals surface area (Å²) in [7, 11) is 0. The largest absolute Gasteiger partial charge is 0.463 e. The summed E-state index contributed by atoms with van der Waals surface area (Å²) < 4.78 is 7.62. The van der Waals surface area contributed by atoms with Crippen molar-refractivity contribution in [3.63, 3.8) is 0 Å². The molecule has 0 aromatic carbocycles. The van der Waals surface area contributed by atoms with Gasteiger partial charge >= 0.3 is 0 Å². The van der Waals surface area contributed by atoms with Gasteiger partial charge in [0, 0.05) is 12.6 Å². The van der Waals surface area contributed by atoms with Gasteiger partial charge in [-0.1, -0.05) is 25.7 Å². The summed E-state index contributed by atoms with van der Waals surface area (Å²) in [4.78, 5) is 31.9. The van der Waals surface area contributed by atoms with E-state index in [1.54, 1.807) is 6.26 Å². The SMILES string of the molecule is C[C@@]1(C(=O)NC2CCCCCC2)Cn2c(ccc2-c2ccco2)C(=O)N1CCCN1CCCC1. The Hall–Kier alpha value is -2.54. The molecular weight excluding hydrogens is 428 g/mol. The average molecular weight is 467 g/mol. The Morgan fingerprint density at radius 3 is 2.47 bits per heavy atom. The van der Waals surface area contributed by atoms with Crippen LogP contribution in [-0.4, -0.2) is 63.9 Å². The van der Waals surface area contributed by atoms with Gasteiger partial charge in [-0.05, 0) is 82.9 Å². The zero-order chi connectivity index (χ0) is 23.5. The van der Waals surface area contributed by atoms with Crippen LogP contribution in [0.3, 0.4) is 0 Å². The van der Waals surface area contributed by atoms with Crippen LogP contribution >= 0.6 is 0 Å². The van der Waals surface area contributed by atoms with E-state index in [0.717, 1.165) is 57.4 Å². The summed E-state index contributed by atoms with van der Waals surface area (Å²) in [6.07, 6.45) is 11.9. The van der Waals surface area contributed by atoms with Crippen molar-refractivity contribution in [2.75, 3.05) is 26.2 Å². The van der Waals surface area contributed by atoms with E-state index in [1.807, 2.05) is 40.7 Å². The second-order valence-electron chi connectivity index (χ2n) is 10.5. The van der Waals surface area contributed by atoms with Crippen molar-refractivity contribution in [1.82, 2.24) is 19.7 Å². The molecule has 34 heavy (non-hydrogen) atoms. The Bertz CT molecular complexity index is 984. The zero-order valence-electron chi connectivity index (χ0n) is 20.4. The van der Waals surface area contributed by atoms with Crippen LogP contribution in [0, 0.1) is 0 Å². The highest BCUT2D eigenvalue weighted by atomic mass is 16.3. The van der Waals surface area contributed by atoms with Crippen LogP contribution in [0.25, 0.3) is 11.5 Å². The number of fused-ring (bicyclic) bond motifs is 1. The van der Waals surface area contributed by atoms with E-state index < -0.39 is 5.54 Å². The van der Waals surface area contributed by atoms with Gasteiger partial charge in [-0.3, -0.25) is 9.59 Å². The van der Waals surface area contributed by atoms with Crippen molar-refractivity contribution >= 4 is 11.8 Å². The minimum absolute atomic E-state index is 0.0290. The number of furan rings is 1. The van der Waals surface area contributed by atoms with Gasteiger partial charge in [-0.25, -0.2) is 0 Å². The number of hydrogen-bond acceptors (Lipinski definition) is 4. The summed E-state index contributed by atoms with van der Waals surface area (Å²) in [5.41, 5.74) is 0.535. The first kappa shape index (κ1) is 23.2. The van der Waals surface area contributed by atoms with E-state index in [1.165, 1.54) is 25.7 Å². The maximum atomic E-state index is 13.9. The van der Waals surface area contributed by atoms with Gasteiger partial charge in [-0.2, -0.15) is 0 Å². The molecule has 2 aliphatic heterocycles. The van der Waals surface area contributed by atoms with E-state index in [2.05, 4.69) is 10.2 Å². The number of nitrogens with zero attached hydrogens (tertiary/aromatic N) is 3. The molecule has 3 aliphatic rings. The number of carbonyl (C=O) groups is 2. The lowest BCUT2D eigenvalue weighted by Crippen LogP contribution is -2.65. The summed E-state index contributed by atoms with van der Waals surface area (Å²) in [5.74, 6) is 0.621. The molecule has 7 heteroatoms.